The summed E-state index contributed by atoms with van der Waals surface area (Å²) in [6, 6.07) is 43.4. The lowest BCUT2D eigenvalue weighted by atomic mass is 9.32. The predicted octanol–water partition coefficient (Wildman–Crippen LogP) is 20.0. The standard InChI is InChI=1S/C76H72B2Br4O2/c1-71(2,3)37-23-51(73(7,8)9)63(52(24-37)74(10,11)12)43-33-45-49-27-41(81)31-61-69(49)78(56-22-20-40(80)30-60(56)83-61)58-36-48-44(64-53(75(13,14)15)25-38(72(4,5)6)26-54(64)76(16,17)18)34-46-50-28-42(82)32-62-70(50)77(55-21-19-39(79)29-59(55)84-62)57-35-47(43)67(65(45)58)68(48)66(46)57/h19-36H,1-18H3. The van der Waals surface area contributed by atoms with E-state index < -0.39 is 0 Å². The average Bonchev–Trinajstić information content (AvgIpc) is 0.682. The van der Waals surface area contributed by atoms with Crippen LogP contribution in [-0.2, 0) is 32.5 Å². The topological polar surface area (TPSA) is 18.5 Å². The van der Waals surface area contributed by atoms with E-state index in [9.17, 15) is 0 Å². The summed E-state index contributed by atoms with van der Waals surface area (Å²) in [6.07, 6.45) is 0. The smallest absolute Gasteiger partial charge is 0.252 e. The van der Waals surface area contributed by atoms with Crippen molar-refractivity contribution in [2.75, 3.05) is 0 Å². The number of hydrogen-bond donors (Lipinski definition) is 0. The Labute approximate surface area is 532 Å². The second kappa shape index (κ2) is 18.2. The highest BCUT2D eigenvalue weighted by atomic mass is 79.9. The van der Waals surface area contributed by atoms with Crippen molar-refractivity contribution in [1.29, 1.82) is 0 Å². The molecule has 4 aliphatic heterocycles. The Balaban J connectivity index is 1.31. The van der Waals surface area contributed by atoms with E-state index >= 15 is 0 Å². The van der Waals surface area contributed by atoms with E-state index in [1.807, 2.05) is 0 Å². The van der Waals surface area contributed by atoms with Crippen molar-refractivity contribution in [3.63, 3.8) is 0 Å². The van der Waals surface area contributed by atoms with E-state index in [2.05, 4.69) is 298 Å². The molecule has 0 atom stereocenters. The third-order valence-electron chi connectivity index (χ3n) is 18.9. The van der Waals surface area contributed by atoms with Gasteiger partial charge in [-0.2, -0.15) is 0 Å². The Morgan fingerprint density at radius 2 is 0.607 bits per heavy atom. The van der Waals surface area contributed by atoms with Gasteiger partial charge in [-0.05, 0) is 225 Å². The summed E-state index contributed by atoms with van der Waals surface area (Å²) in [5.41, 5.74) is 24.7. The zero-order valence-corrected chi connectivity index (χ0v) is 58.2. The molecule has 0 saturated heterocycles. The number of benzene rings is 10. The molecule has 0 aromatic heterocycles. The molecule has 0 spiro atoms. The van der Waals surface area contributed by atoms with Gasteiger partial charge in [0.2, 0.25) is 0 Å². The number of rotatable bonds is 2. The van der Waals surface area contributed by atoms with Crippen molar-refractivity contribution in [2.24, 2.45) is 0 Å². The third-order valence-corrected chi connectivity index (χ3v) is 20.9. The van der Waals surface area contributed by atoms with Crippen molar-refractivity contribution in [3.05, 3.63) is 160 Å². The minimum atomic E-state index is -0.219. The monoisotopic (exact) mass is 1350 g/mol. The molecule has 422 valence electrons. The molecule has 0 saturated carbocycles. The third kappa shape index (κ3) is 8.45. The summed E-state index contributed by atoms with van der Waals surface area (Å²) in [5, 5.41) is 7.88. The first-order valence-corrected chi connectivity index (χ1v) is 33.1. The zero-order chi connectivity index (χ0) is 59.9. The molecular formula is C76H72B2Br4O2. The Bertz CT molecular complexity index is 4240. The van der Waals surface area contributed by atoms with Gasteiger partial charge in [0, 0.05) is 17.9 Å². The Hall–Kier alpha value is -5.11. The van der Waals surface area contributed by atoms with Crippen LogP contribution in [0.2, 0.25) is 0 Å². The van der Waals surface area contributed by atoms with Crippen LogP contribution < -0.4 is 42.3 Å². The minimum Gasteiger partial charge on any atom is -0.458 e. The van der Waals surface area contributed by atoms with Crippen LogP contribution in [0.4, 0.5) is 0 Å². The van der Waals surface area contributed by atoms with Gasteiger partial charge in [-0.25, -0.2) is 0 Å². The summed E-state index contributed by atoms with van der Waals surface area (Å²) in [6.45, 7) is 43.1. The Kier molecular flexibility index (Phi) is 12.3. The molecule has 14 rings (SSSR count). The molecular weight excluding hydrogens is 1290 g/mol. The highest BCUT2D eigenvalue weighted by Gasteiger charge is 2.46. The molecule has 2 nitrogen and oxygen atoms in total. The molecule has 84 heavy (non-hydrogen) atoms. The molecule has 10 aromatic rings. The van der Waals surface area contributed by atoms with Crippen LogP contribution in [0.3, 0.4) is 0 Å². The first kappa shape index (κ1) is 56.7. The van der Waals surface area contributed by atoms with Gasteiger partial charge in [0.1, 0.15) is 23.0 Å². The van der Waals surface area contributed by atoms with Crippen molar-refractivity contribution in [1.82, 2.24) is 0 Å². The predicted molar refractivity (Wildman–Crippen MR) is 377 cm³/mol. The molecule has 4 heterocycles. The van der Waals surface area contributed by atoms with E-state index in [1.54, 1.807) is 0 Å². The lowest BCUT2D eigenvalue weighted by Gasteiger charge is -2.39. The first-order valence-electron chi connectivity index (χ1n) is 30.0. The lowest BCUT2D eigenvalue weighted by molar-refractivity contribution is 0.486. The maximum absolute atomic E-state index is 7.15. The molecule has 0 aliphatic carbocycles. The highest BCUT2D eigenvalue weighted by molar-refractivity contribution is 9.11. The highest BCUT2D eigenvalue weighted by Crippen LogP contribution is 2.56. The Morgan fingerprint density at radius 1 is 0.286 bits per heavy atom. The summed E-state index contributed by atoms with van der Waals surface area (Å²) < 4.78 is 18.3. The van der Waals surface area contributed by atoms with Gasteiger partial charge in [0.05, 0.1) is 0 Å². The zero-order valence-electron chi connectivity index (χ0n) is 51.9. The SMILES string of the molecule is CC(C)(C)c1cc(C(C)(C)C)c(-c2cc3c4c(cc5c(-c6c(C(C)(C)C)cc(C(C)(C)C)cc6C(C)(C)C)cc6c7c(cc2c4c57)B2c4ccc(Br)cc4Oc4cc(Br)cc-6c42)B2c4ccc(Br)cc4Oc4cc(Br)cc-3c42)c(C(C)(C)C)c1. The van der Waals surface area contributed by atoms with Crippen LogP contribution in [0.15, 0.2) is 127 Å². The van der Waals surface area contributed by atoms with Gasteiger partial charge in [0.15, 0.2) is 0 Å². The number of hydrogen-bond acceptors (Lipinski definition) is 2. The molecule has 0 N–H and O–H groups in total. The molecule has 0 bridgehead atoms. The quantitative estimate of drug-likeness (QED) is 0.127. The lowest BCUT2D eigenvalue weighted by Crippen LogP contribution is -2.58. The van der Waals surface area contributed by atoms with Gasteiger partial charge in [-0.15, -0.1) is 0 Å². The normalized spacial score (nSPS) is 14.5. The molecule has 10 aromatic carbocycles. The van der Waals surface area contributed by atoms with Crippen LogP contribution in [0.5, 0.6) is 23.0 Å². The molecule has 0 unspecified atom stereocenters. The second-order valence-corrected chi connectivity index (χ2v) is 34.7. The van der Waals surface area contributed by atoms with E-state index in [1.165, 1.54) is 143 Å². The van der Waals surface area contributed by atoms with Gasteiger partial charge >= 0.3 is 0 Å². The van der Waals surface area contributed by atoms with Gasteiger partial charge < -0.3 is 9.47 Å². The number of fused-ring (bicyclic) bond motifs is 8. The van der Waals surface area contributed by atoms with Gasteiger partial charge in [-0.1, -0.05) is 248 Å². The summed E-state index contributed by atoms with van der Waals surface area (Å²) >= 11 is 15.9. The van der Waals surface area contributed by atoms with E-state index in [-0.39, 0.29) is 45.9 Å². The molecule has 8 heteroatoms. The molecule has 4 aliphatic rings. The number of ether oxygens (including phenoxy) is 2. The fourth-order valence-electron chi connectivity index (χ4n) is 14.9. The number of halogens is 4. The van der Waals surface area contributed by atoms with E-state index in [0.29, 0.717) is 0 Å². The van der Waals surface area contributed by atoms with Crippen molar-refractivity contribution in [2.45, 2.75) is 157 Å². The fourth-order valence-corrected chi connectivity index (χ4v) is 16.5. The minimum absolute atomic E-state index is 0.0796. The summed E-state index contributed by atoms with van der Waals surface area (Å²) in [5.74, 6) is 3.55. The Morgan fingerprint density at radius 3 is 0.917 bits per heavy atom. The summed E-state index contributed by atoms with van der Waals surface area (Å²) in [4.78, 5) is 0. The van der Waals surface area contributed by atoms with Crippen LogP contribution in [-0.4, -0.2) is 13.4 Å². The average molecular weight is 1360 g/mol. The van der Waals surface area contributed by atoms with Crippen molar-refractivity contribution < 1.29 is 9.47 Å². The van der Waals surface area contributed by atoms with Crippen molar-refractivity contribution >= 4 is 142 Å². The van der Waals surface area contributed by atoms with Crippen LogP contribution in [0.25, 0.3) is 76.8 Å². The largest absolute Gasteiger partial charge is 0.458 e. The second-order valence-electron chi connectivity index (χ2n) is 31.0. The fraction of sp³-hybridized carbons (Fsp3) is 0.316. The molecule has 0 amide bonds. The van der Waals surface area contributed by atoms with Crippen molar-refractivity contribution in [3.8, 4) is 67.5 Å². The van der Waals surface area contributed by atoms with E-state index in [4.69, 9.17) is 9.47 Å². The van der Waals surface area contributed by atoms with E-state index in [0.717, 1.165) is 40.9 Å². The maximum Gasteiger partial charge on any atom is 0.252 e. The van der Waals surface area contributed by atoms with Gasteiger partial charge in [0.25, 0.3) is 13.4 Å². The van der Waals surface area contributed by atoms with Crippen LogP contribution >= 0.6 is 63.7 Å². The summed E-state index contributed by atoms with van der Waals surface area (Å²) in [7, 11) is 0. The van der Waals surface area contributed by atoms with Gasteiger partial charge in [-0.3, -0.25) is 0 Å². The van der Waals surface area contributed by atoms with Crippen LogP contribution in [0.1, 0.15) is 158 Å². The maximum atomic E-state index is 7.15. The molecule has 0 radical (unpaired) electrons. The first-order chi connectivity index (χ1) is 39.1. The van der Waals surface area contributed by atoms with Crippen LogP contribution in [0, 0.1) is 0 Å². The molecule has 0 fully saturated rings.